The highest BCUT2D eigenvalue weighted by Gasteiger charge is 2.45. The van der Waals surface area contributed by atoms with Crippen molar-refractivity contribution in [2.45, 2.75) is 57.4 Å². The minimum absolute atomic E-state index is 0.00386. The molecule has 18 nitrogen and oxygen atoms in total. The molecule has 6 amide bonds. The maximum absolute atomic E-state index is 14.9. The number of aromatic nitrogens is 3. The molecule has 2 saturated heterocycles. The molecule has 19 heteroatoms. The van der Waals surface area contributed by atoms with E-state index in [-0.39, 0.29) is 59.3 Å². The summed E-state index contributed by atoms with van der Waals surface area (Å²) < 4.78 is 20.2. The van der Waals surface area contributed by atoms with Gasteiger partial charge in [-0.15, -0.1) is 0 Å². The van der Waals surface area contributed by atoms with E-state index in [1.54, 1.807) is 54.9 Å². The molecular weight excluding hydrogens is 898 g/mol. The van der Waals surface area contributed by atoms with E-state index < -0.39 is 41.4 Å². The number of anilines is 3. The predicted molar refractivity (Wildman–Crippen MR) is 257 cm³/mol. The lowest BCUT2D eigenvalue weighted by Crippen LogP contribution is -2.54. The summed E-state index contributed by atoms with van der Waals surface area (Å²) in [6.45, 7) is 3.67. The van der Waals surface area contributed by atoms with Gasteiger partial charge >= 0.3 is 0 Å². The van der Waals surface area contributed by atoms with Crippen LogP contribution in [-0.2, 0) is 14.4 Å². The van der Waals surface area contributed by atoms with Crippen molar-refractivity contribution in [3.05, 3.63) is 114 Å². The average Bonchev–Trinajstić information content (AvgIpc) is 3.63. The average molecular weight is 950 g/mol. The molecule has 2 fully saturated rings. The molecule has 3 aromatic carbocycles. The maximum Gasteiger partial charge on any atom is 0.274 e. The summed E-state index contributed by atoms with van der Waals surface area (Å²) >= 11 is 0. The third kappa shape index (κ3) is 10.9. The first-order valence-corrected chi connectivity index (χ1v) is 23.3. The molecule has 2 aromatic heterocycles. The van der Waals surface area contributed by atoms with Crippen LogP contribution in [-0.4, -0.2) is 119 Å². The third-order valence-corrected chi connectivity index (χ3v) is 12.6. The van der Waals surface area contributed by atoms with Crippen LogP contribution in [0.5, 0.6) is 5.75 Å². The van der Waals surface area contributed by atoms with Gasteiger partial charge in [-0.3, -0.25) is 48.9 Å². The zero-order valence-electron chi connectivity index (χ0n) is 38.6. The first-order chi connectivity index (χ1) is 34.0. The first-order valence-electron chi connectivity index (χ1n) is 23.3. The van der Waals surface area contributed by atoms with Gasteiger partial charge in [-0.05, 0) is 73.4 Å². The second kappa shape index (κ2) is 22.3. The number of halogens is 1. The smallest absolute Gasteiger partial charge is 0.274 e. The van der Waals surface area contributed by atoms with Crippen LogP contribution in [0.25, 0.3) is 22.5 Å². The molecule has 0 radical (unpaired) electrons. The number of ether oxygens (including phenoxy) is 1. The van der Waals surface area contributed by atoms with Gasteiger partial charge in [0.05, 0.1) is 53.4 Å². The lowest BCUT2D eigenvalue weighted by Gasteiger charge is -2.36. The van der Waals surface area contributed by atoms with E-state index in [2.05, 4.69) is 52.1 Å². The van der Waals surface area contributed by atoms with Crippen LogP contribution in [0.1, 0.15) is 88.1 Å². The lowest BCUT2D eigenvalue weighted by molar-refractivity contribution is -0.136. The number of nitrogens with zero attached hydrogens (tertiary/aromatic N) is 7. The van der Waals surface area contributed by atoms with Gasteiger partial charge in [0.25, 0.3) is 17.7 Å². The Hall–Kier alpha value is -8.11. The fourth-order valence-corrected chi connectivity index (χ4v) is 8.95. The molecule has 3 aliphatic rings. The summed E-state index contributed by atoms with van der Waals surface area (Å²) in [5.41, 5.74) is 4.12. The summed E-state index contributed by atoms with van der Waals surface area (Å²) in [5.74, 6) is -3.09. The number of amides is 6. The molecule has 8 rings (SSSR count). The number of rotatable bonds is 19. The highest BCUT2D eigenvalue weighted by atomic mass is 19.1. The fourth-order valence-electron chi connectivity index (χ4n) is 8.95. The van der Waals surface area contributed by atoms with E-state index in [4.69, 9.17) is 4.74 Å². The molecule has 1 atom stereocenters. The second-order valence-electron chi connectivity index (χ2n) is 17.1. The summed E-state index contributed by atoms with van der Waals surface area (Å²) in [5, 5.41) is 21.4. The van der Waals surface area contributed by atoms with Gasteiger partial charge in [0.15, 0.2) is 5.82 Å². The molecule has 360 valence electrons. The van der Waals surface area contributed by atoms with E-state index in [0.717, 1.165) is 49.0 Å². The van der Waals surface area contributed by atoms with Crippen LogP contribution in [0.2, 0.25) is 0 Å². The number of nitrogens with one attached hydrogen (secondary N) is 4. The zero-order valence-corrected chi connectivity index (χ0v) is 38.6. The molecule has 1 unspecified atom stereocenters. The third-order valence-electron chi connectivity index (χ3n) is 12.6. The molecule has 0 saturated carbocycles. The fraction of sp³-hybridized carbons (Fsp3) is 0.333. The lowest BCUT2D eigenvalue weighted by atomic mass is 10.0. The Morgan fingerprint density at radius 3 is 2.40 bits per heavy atom. The molecule has 0 bridgehead atoms. The first kappa shape index (κ1) is 48.4. The van der Waals surface area contributed by atoms with E-state index >= 15 is 0 Å². The number of hydrogen-bond donors (Lipinski definition) is 4. The Morgan fingerprint density at radius 1 is 0.857 bits per heavy atom. The van der Waals surface area contributed by atoms with Gasteiger partial charge in [0.2, 0.25) is 17.7 Å². The number of fused-ring (bicyclic) bond motifs is 1. The number of imide groups is 2. The molecule has 0 aliphatic carbocycles. The van der Waals surface area contributed by atoms with Crippen LogP contribution in [0.3, 0.4) is 0 Å². The Balaban J connectivity index is 0.779. The number of pyridine rings is 1. The number of benzene rings is 3. The second-order valence-corrected chi connectivity index (χ2v) is 17.1. The summed E-state index contributed by atoms with van der Waals surface area (Å²) in [6, 6.07) is 19.2. The van der Waals surface area contributed by atoms with Crippen molar-refractivity contribution in [2.75, 3.05) is 68.5 Å². The molecule has 3 aliphatic heterocycles. The van der Waals surface area contributed by atoms with Gasteiger partial charge < -0.3 is 25.6 Å². The molecular formula is C51H52FN11O7. The van der Waals surface area contributed by atoms with Crippen molar-refractivity contribution in [3.63, 3.8) is 0 Å². The Kier molecular flexibility index (Phi) is 15.4. The van der Waals surface area contributed by atoms with Crippen molar-refractivity contribution in [3.8, 4) is 34.3 Å². The minimum Gasteiger partial charge on any atom is -0.496 e. The summed E-state index contributed by atoms with van der Waals surface area (Å²) in [4.78, 5) is 95.3. The van der Waals surface area contributed by atoms with E-state index in [1.807, 2.05) is 6.07 Å². The summed E-state index contributed by atoms with van der Waals surface area (Å²) in [7, 11) is 1.41. The molecule has 5 heterocycles. The molecule has 5 aromatic rings. The molecule has 0 spiro atoms. The number of carbonyl (C=O) groups excluding carboxylic acids is 6. The van der Waals surface area contributed by atoms with Crippen LogP contribution < -0.4 is 30.9 Å². The molecule has 70 heavy (non-hydrogen) atoms. The quantitative estimate of drug-likeness (QED) is 0.0586. The van der Waals surface area contributed by atoms with Crippen molar-refractivity contribution in [2.24, 2.45) is 0 Å². The van der Waals surface area contributed by atoms with E-state index in [9.17, 15) is 38.4 Å². The Morgan fingerprint density at radius 2 is 1.63 bits per heavy atom. The van der Waals surface area contributed by atoms with Crippen molar-refractivity contribution < 1.29 is 37.9 Å². The van der Waals surface area contributed by atoms with Crippen molar-refractivity contribution >= 4 is 52.5 Å². The number of hydrogen-bond acceptors (Lipinski definition) is 14. The Labute approximate surface area is 403 Å². The van der Waals surface area contributed by atoms with Crippen molar-refractivity contribution in [1.82, 2.24) is 35.4 Å². The van der Waals surface area contributed by atoms with Crippen LogP contribution in [0.15, 0.2) is 85.3 Å². The predicted octanol–water partition coefficient (Wildman–Crippen LogP) is 5.57. The van der Waals surface area contributed by atoms with Crippen LogP contribution in [0, 0.1) is 17.1 Å². The van der Waals surface area contributed by atoms with E-state index in [0.29, 0.717) is 67.5 Å². The monoisotopic (exact) mass is 949 g/mol. The van der Waals surface area contributed by atoms with Gasteiger partial charge in [-0.25, -0.2) is 14.4 Å². The van der Waals surface area contributed by atoms with Gasteiger partial charge in [-0.1, -0.05) is 43.9 Å². The van der Waals surface area contributed by atoms with E-state index in [1.165, 1.54) is 31.5 Å². The topological polar surface area (TPSA) is 232 Å². The standard InChI is InChI=1S/C51H52FN11O7/c1-70-42-13-9-11-36(52)46(42)47-57-23-19-39(58-47)48(66)59-37-15-14-32(35-30-54-22-18-33(35)29-53)28-41(37)62-26-24-61(25-27-62)31-44(65)56-21-7-5-3-2-4-6-20-55-38-12-8-10-34-45(38)51(69)63(50(34)68)40-16-17-43(64)60-49(40)67/h8-15,18-19,22-23,28,30,40,55H,2-7,16-17,20-21,24-27,31H2,1H3,(H,56,65)(H,59,66)(H,60,64,67). The maximum atomic E-state index is 14.9. The Bertz CT molecular complexity index is 2860. The van der Waals surface area contributed by atoms with Gasteiger partial charge in [0, 0.05) is 75.5 Å². The van der Waals surface area contributed by atoms with Crippen LogP contribution in [0.4, 0.5) is 21.5 Å². The number of methoxy groups -OCH3 is 1. The number of piperidine rings is 1. The summed E-state index contributed by atoms with van der Waals surface area (Å²) in [6.07, 6.45) is 10.3. The minimum atomic E-state index is -1.01. The van der Waals surface area contributed by atoms with Crippen LogP contribution >= 0.6 is 0 Å². The normalized spacial score (nSPS) is 15.8. The van der Waals surface area contributed by atoms with Crippen molar-refractivity contribution in [1.29, 1.82) is 5.26 Å². The number of nitriles is 1. The largest absolute Gasteiger partial charge is 0.496 e. The number of piperazine rings is 1. The van der Waals surface area contributed by atoms with Gasteiger partial charge in [-0.2, -0.15) is 5.26 Å². The SMILES string of the molecule is COc1cccc(F)c1-c1nccc(C(=O)Nc2ccc(-c3cnccc3C#N)cc2N2CCN(CC(=O)NCCCCCCCCNc3cccc4c3C(=O)N(C3CCC(=O)NC3=O)C4=O)CC2)n1. The molecule has 4 N–H and O–H groups in total. The highest BCUT2D eigenvalue weighted by Crippen LogP contribution is 2.36. The number of unbranched alkanes of at least 4 members (excludes halogenated alkanes) is 5. The van der Waals surface area contributed by atoms with Gasteiger partial charge in [0.1, 0.15) is 23.3 Å². The zero-order chi connectivity index (χ0) is 49.1. The number of carbonyl (C=O) groups is 6. The highest BCUT2D eigenvalue weighted by molar-refractivity contribution is 6.25.